The molecule has 0 saturated heterocycles. The highest BCUT2D eigenvalue weighted by Crippen LogP contribution is 2.28. The van der Waals surface area contributed by atoms with Gasteiger partial charge in [-0.3, -0.25) is 9.59 Å². The first-order valence-electron chi connectivity index (χ1n) is 11.8. The first kappa shape index (κ1) is 23.9. The van der Waals surface area contributed by atoms with Gasteiger partial charge in [-0.1, -0.05) is 44.6 Å². The van der Waals surface area contributed by atoms with E-state index < -0.39 is 23.0 Å². The van der Waals surface area contributed by atoms with E-state index in [1.807, 2.05) is 0 Å². The number of halogens is 2. The number of ketones is 1. The summed E-state index contributed by atoms with van der Waals surface area (Å²) >= 11 is 0. The van der Waals surface area contributed by atoms with E-state index in [0.29, 0.717) is 10.1 Å². The van der Waals surface area contributed by atoms with Crippen molar-refractivity contribution >= 4 is 22.5 Å². The van der Waals surface area contributed by atoms with Gasteiger partial charge in [0.1, 0.15) is 17.2 Å². The Balaban J connectivity index is 1.54. The monoisotopic (exact) mass is 469 g/mol. The van der Waals surface area contributed by atoms with Gasteiger partial charge in [-0.25, -0.2) is 13.8 Å². The van der Waals surface area contributed by atoms with Crippen molar-refractivity contribution in [2.75, 3.05) is 5.73 Å². The summed E-state index contributed by atoms with van der Waals surface area (Å²) in [4.78, 5) is 29.7. The molecule has 2 heterocycles. The van der Waals surface area contributed by atoms with Crippen LogP contribution >= 0.6 is 0 Å². The number of aryl methyl sites for hydroxylation is 2. The zero-order valence-electron chi connectivity index (χ0n) is 19.0. The summed E-state index contributed by atoms with van der Waals surface area (Å²) in [5, 5.41) is 10.7. The number of fused-ring (bicyclic) bond motifs is 1. The molecule has 0 atom stereocenters. The Bertz CT molecular complexity index is 1270. The van der Waals surface area contributed by atoms with Crippen LogP contribution in [0.25, 0.3) is 11.0 Å². The summed E-state index contributed by atoms with van der Waals surface area (Å²) in [5.41, 5.74) is 5.91. The Labute approximate surface area is 196 Å². The first-order valence-corrected chi connectivity index (χ1v) is 11.8. The second-order valence-corrected chi connectivity index (χ2v) is 9.18. The lowest BCUT2D eigenvalue weighted by atomic mass is 9.85. The van der Waals surface area contributed by atoms with Gasteiger partial charge in [-0.05, 0) is 48.4 Å². The predicted molar refractivity (Wildman–Crippen MR) is 126 cm³/mol. The minimum Gasteiger partial charge on any atom is -0.423 e. The number of nitrogens with zero attached hydrogens (tertiary/aromatic N) is 2. The van der Waals surface area contributed by atoms with Crippen molar-refractivity contribution in [3.05, 3.63) is 69.1 Å². The highest BCUT2D eigenvalue weighted by molar-refractivity contribution is 6.06. The number of hydrogen-bond donors (Lipinski definition) is 2. The number of anilines is 1. The molecule has 3 N–H and O–H groups in total. The van der Waals surface area contributed by atoms with Crippen LogP contribution in [0.4, 0.5) is 14.5 Å². The van der Waals surface area contributed by atoms with Crippen LogP contribution in [-0.4, -0.2) is 20.7 Å². The smallest absolute Gasteiger partial charge is 0.297 e. The molecule has 3 aromatic rings. The van der Waals surface area contributed by atoms with Crippen LogP contribution in [0.1, 0.15) is 72.9 Å². The molecule has 0 radical (unpaired) electrons. The number of rotatable bonds is 8. The Kier molecular flexibility index (Phi) is 7.24. The van der Waals surface area contributed by atoms with Gasteiger partial charge in [0.05, 0.1) is 5.69 Å². The maximum absolute atomic E-state index is 13.9. The number of pyridine rings is 2. The van der Waals surface area contributed by atoms with E-state index in [-0.39, 0.29) is 35.3 Å². The van der Waals surface area contributed by atoms with E-state index in [0.717, 1.165) is 42.9 Å². The average molecular weight is 470 g/mol. The largest absolute Gasteiger partial charge is 0.423 e. The highest BCUT2D eigenvalue weighted by atomic mass is 19.1. The number of hydrogen-bond acceptors (Lipinski definition) is 5. The van der Waals surface area contributed by atoms with Crippen molar-refractivity contribution in [2.24, 2.45) is 5.92 Å². The van der Waals surface area contributed by atoms with Crippen LogP contribution in [0, 0.1) is 17.6 Å². The molecular formula is C26H29F2N3O3. The van der Waals surface area contributed by atoms with E-state index in [4.69, 9.17) is 5.73 Å². The minimum absolute atomic E-state index is 0.0142. The van der Waals surface area contributed by atoms with Gasteiger partial charge < -0.3 is 10.9 Å². The molecule has 34 heavy (non-hydrogen) atoms. The van der Waals surface area contributed by atoms with Gasteiger partial charge in [0.25, 0.3) is 5.56 Å². The average Bonchev–Trinajstić information content (AvgIpc) is 2.83. The Morgan fingerprint density at radius 3 is 2.65 bits per heavy atom. The zero-order chi connectivity index (χ0) is 24.2. The SMILES string of the molecule is Nc1c(C(=O)CCc2ccc(F)cc2F)c(=O)n(O)c2ncc(CCCC3CCCCC3)cc12. The molecule has 1 aliphatic carbocycles. The zero-order valence-corrected chi connectivity index (χ0v) is 19.0. The van der Waals surface area contributed by atoms with Gasteiger partial charge in [0.15, 0.2) is 11.4 Å². The van der Waals surface area contributed by atoms with E-state index in [2.05, 4.69) is 4.98 Å². The molecule has 6 nitrogen and oxygen atoms in total. The summed E-state index contributed by atoms with van der Waals surface area (Å²) in [7, 11) is 0. The summed E-state index contributed by atoms with van der Waals surface area (Å²) in [6.07, 6.45) is 10.8. The van der Waals surface area contributed by atoms with Crippen molar-refractivity contribution in [2.45, 2.75) is 64.2 Å². The normalized spacial score (nSPS) is 14.5. The predicted octanol–water partition coefficient (Wildman–Crippen LogP) is 5.21. The highest BCUT2D eigenvalue weighted by Gasteiger charge is 2.22. The number of benzene rings is 1. The van der Waals surface area contributed by atoms with Crippen molar-refractivity contribution in [1.82, 2.24) is 9.71 Å². The third-order valence-electron chi connectivity index (χ3n) is 6.81. The number of nitrogen functional groups attached to an aromatic ring is 1. The van der Waals surface area contributed by atoms with Crippen LogP contribution in [0.3, 0.4) is 0 Å². The number of carbonyl (C=O) groups excluding carboxylic acids is 1. The van der Waals surface area contributed by atoms with Gasteiger partial charge in [0.2, 0.25) is 0 Å². The Hall–Kier alpha value is -3.29. The van der Waals surface area contributed by atoms with Crippen LogP contribution in [-0.2, 0) is 12.8 Å². The molecule has 0 unspecified atom stereocenters. The van der Waals surface area contributed by atoms with Crippen LogP contribution in [0.15, 0.2) is 35.3 Å². The lowest BCUT2D eigenvalue weighted by molar-refractivity contribution is 0.0976. The lowest BCUT2D eigenvalue weighted by Gasteiger charge is -2.21. The summed E-state index contributed by atoms with van der Waals surface area (Å²) in [6, 6.07) is 4.87. The van der Waals surface area contributed by atoms with Crippen LogP contribution in [0.2, 0.25) is 0 Å². The number of aromatic nitrogens is 2. The molecule has 1 aromatic carbocycles. The molecular weight excluding hydrogens is 440 g/mol. The second kappa shape index (κ2) is 10.3. The molecule has 1 aliphatic rings. The molecule has 2 aromatic heterocycles. The molecule has 1 fully saturated rings. The van der Waals surface area contributed by atoms with Crippen LogP contribution in [0.5, 0.6) is 0 Å². The van der Waals surface area contributed by atoms with Crippen LogP contribution < -0.4 is 11.3 Å². The molecule has 0 bridgehead atoms. The van der Waals surface area contributed by atoms with E-state index >= 15 is 0 Å². The summed E-state index contributed by atoms with van der Waals surface area (Å²) < 4.78 is 27.4. The third kappa shape index (κ3) is 5.11. The van der Waals surface area contributed by atoms with Crippen molar-refractivity contribution < 1.29 is 18.8 Å². The number of carbonyl (C=O) groups is 1. The molecule has 180 valence electrons. The summed E-state index contributed by atoms with van der Waals surface area (Å²) in [5.74, 6) is -1.33. The van der Waals surface area contributed by atoms with Crippen molar-refractivity contribution in [3.63, 3.8) is 0 Å². The maximum Gasteiger partial charge on any atom is 0.297 e. The fourth-order valence-electron chi connectivity index (χ4n) is 4.89. The Morgan fingerprint density at radius 1 is 1.15 bits per heavy atom. The fourth-order valence-corrected chi connectivity index (χ4v) is 4.89. The fraction of sp³-hybridized carbons (Fsp3) is 0.423. The first-order chi connectivity index (χ1) is 16.3. The standard InChI is InChI=1S/C26H29F2N3O3/c27-19-11-9-18(21(28)14-19)10-12-22(32)23-24(29)20-13-17(15-30-25(20)31(34)26(23)33)8-4-7-16-5-2-1-3-6-16/h9,11,13-16,34H,1-8,10,12,29H2. The molecule has 0 spiro atoms. The second-order valence-electron chi connectivity index (χ2n) is 9.18. The minimum atomic E-state index is -0.966. The van der Waals surface area contributed by atoms with Gasteiger partial charge >= 0.3 is 0 Å². The van der Waals surface area contributed by atoms with Crippen molar-refractivity contribution in [3.8, 4) is 0 Å². The third-order valence-corrected chi connectivity index (χ3v) is 6.81. The molecule has 0 amide bonds. The molecule has 1 saturated carbocycles. The van der Waals surface area contributed by atoms with E-state index in [1.165, 1.54) is 38.2 Å². The van der Waals surface area contributed by atoms with Gasteiger partial charge in [-0.2, -0.15) is 0 Å². The van der Waals surface area contributed by atoms with E-state index in [9.17, 15) is 23.6 Å². The quantitative estimate of drug-likeness (QED) is 0.348. The molecule has 8 heteroatoms. The number of nitrogens with two attached hydrogens (primary N) is 1. The number of Topliss-reactive ketones (excluding diaryl/α,β-unsaturated/α-hetero) is 1. The molecule has 4 rings (SSSR count). The maximum atomic E-state index is 13.9. The lowest BCUT2D eigenvalue weighted by Crippen LogP contribution is -2.28. The van der Waals surface area contributed by atoms with Gasteiger partial charge in [-0.15, -0.1) is 4.73 Å². The van der Waals surface area contributed by atoms with Crippen molar-refractivity contribution in [1.29, 1.82) is 0 Å². The molecule has 0 aliphatic heterocycles. The Morgan fingerprint density at radius 2 is 1.91 bits per heavy atom. The topological polar surface area (TPSA) is 98.2 Å². The van der Waals surface area contributed by atoms with E-state index in [1.54, 1.807) is 12.3 Å². The van der Waals surface area contributed by atoms with Gasteiger partial charge in [0, 0.05) is 24.1 Å². The summed E-state index contributed by atoms with van der Waals surface area (Å²) in [6.45, 7) is 0.